The molecule has 0 bridgehead atoms. The molecule has 0 atom stereocenters. The lowest BCUT2D eigenvalue weighted by Crippen LogP contribution is -2.30. The molecule has 0 radical (unpaired) electrons. The first-order valence-corrected chi connectivity index (χ1v) is 4.44. The first-order valence-electron chi connectivity index (χ1n) is 3.90. The standard InChI is InChI=1S/C9H12ClN3/c1-12-9(13-11)8-4-2-3-7(5-8)6-10/h2-5H,6,11H2,1H3,(H,12,13). The van der Waals surface area contributed by atoms with Gasteiger partial charge in [0.2, 0.25) is 0 Å². The SMILES string of the molecule is CN=C(NN)c1cccc(CCl)c1. The monoisotopic (exact) mass is 197 g/mol. The Morgan fingerprint density at radius 1 is 1.62 bits per heavy atom. The van der Waals surface area contributed by atoms with Gasteiger partial charge in [-0.05, 0) is 11.6 Å². The maximum Gasteiger partial charge on any atom is 0.142 e. The van der Waals surface area contributed by atoms with Crippen molar-refractivity contribution in [1.82, 2.24) is 5.43 Å². The molecule has 0 unspecified atom stereocenters. The van der Waals surface area contributed by atoms with Crippen LogP contribution in [0.2, 0.25) is 0 Å². The number of benzene rings is 1. The molecule has 0 amide bonds. The molecule has 1 rings (SSSR count). The summed E-state index contributed by atoms with van der Waals surface area (Å²) in [6.07, 6.45) is 0. The molecule has 1 aromatic carbocycles. The third-order valence-corrected chi connectivity index (χ3v) is 2.02. The number of nitrogens with two attached hydrogens (primary N) is 1. The van der Waals surface area contributed by atoms with Gasteiger partial charge in [-0.1, -0.05) is 18.2 Å². The lowest BCUT2D eigenvalue weighted by atomic mass is 10.1. The molecular weight excluding hydrogens is 186 g/mol. The van der Waals surface area contributed by atoms with Crippen molar-refractivity contribution in [2.45, 2.75) is 5.88 Å². The summed E-state index contributed by atoms with van der Waals surface area (Å²) in [6, 6.07) is 7.77. The van der Waals surface area contributed by atoms with Crippen LogP contribution in [0, 0.1) is 0 Å². The van der Waals surface area contributed by atoms with Crippen molar-refractivity contribution in [3.8, 4) is 0 Å². The quantitative estimate of drug-likeness (QED) is 0.247. The fourth-order valence-corrected chi connectivity index (χ4v) is 1.24. The Kier molecular flexibility index (Phi) is 3.73. The molecule has 0 heterocycles. The first-order chi connectivity index (χ1) is 6.31. The lowest BCUT2D eigenvalue weighted by molar-refractivity contribution is 1.02. The van der Waals surface area contributed by atoms with Gasteiger partial charge in [0.05, 0.1) is 0 Å². The fourth-order valence-electron chi connectivity index (χ4n) is 1.08. The molecule has 70 valence electrons. The summed E-state index contributed by atoms with van der Waals surface area (Å²) in [7, 11) is 1.68. The van der Waals surface area contributed by atoms with Gasteiger partial charge in [0, 0.05) is 18.5 Å². The summed E-state index contributed by atoms with van der Waals surface area (Å²) >= 11 is 5.70. The zero-order valence-corrected chi connectivity index (χ0v) is 8.17. The number of hydrogen-bond acceptors (Lipinski definition) is 2. The molecule has 0 aromatic heterocycles. The number of alkyl halides is 1. The van der Waals surface area contributed by atoms with Crippen molar-refractivity contribution >= 4 is 17.4 Å². The van der Waals surface area contributed by atoms with E-state index >= 15 is 0 Å². The van der Waals surface area contributed by atoms with E-state index in [9.17, 15) is 0 Å². The van der Waals surface area contributed by atoms with E-state index in [1.807, 2.05) is 24.3 Å². The van der Waals surface area contributed by atoms with Gasteiger partial charge in [-0.15, -0.1) is 11.6 Å². The van der Waals surface area contributed by atoms with E-state index in [2.05, 4.69) is 10.4 Å². The molecule has 0 aliphatic rings. The molecular formula is C9H12ClN3. The predicted octanol–water partition coefficient (Wildman–Crippen LogP) is 1.27. The van der Waals surface area contributed by atoms with Gasteiger partial charge in [0.25, 0.3) is 0 Å². The Morgan fingerprint density at radius 2 is 2.38 bits per heavy atom. The minimum atomic E-state index is 0.495. The van der Waals surface area contributed by atoms with Gasteiger partial charge in [0.15, 0.2) is 0 Å². The summed E-state index contributed by atoms with van der Waals surface area (Å²) in [6.45, 7) is 0. The van der Waals surface area contributed by atoms with Crippen LogP contribution in [0.4, 0.5) is 0 Å². The molecule has 0 saturated heterocycles. The van der Waals surface area contributed by atoms with Crippen molar-refractivity contribution in [2.75, 3.05) is 7.05 Å². The fraction of sp³-hybridized carbons (Fsp3) is 0.222. The molecule has 0 spiro atoms. The van der Waals surface area contributed by atoms with Gasteiger partial charge >= 0.3 is 0 Å². The Labute approximate surface area is 82.6 Å². The van der Waals surface area contributed by atoms with Gasteiger partial charge < -0.3 is 5.43 Å². The molecule has 13 heavy (non-hydrogen) atoms. The highest BCUT2D eigenvalue weighted by atomic mass is 35.5. The van der Waals surface area contributed by atoms with Crippen molar-refractivity contribution < 1.29 is 0 Å². The van der Waals surface area contributed by atoms with E-state index in [0.717, 1.165) is 11.1 Å². The van der Waals surface area contributed by atoms with Gasteiger partial charge in [-0.2, -0.15) is 0 Å². The first kappa shape index (κ1) is 10.0. The third kappa shape index (κ3) is 2.44. The highest BCUT2D eigenvalue weighted by Gasteiger charge is 2.00. The average molecular weight is 198 g/mol. The largest absolute Gasteiger partial charge is 0.308 e. The zero-order valence-electron chi connectivity index (χ0n) is 7.42. The Hall–Kier alpha value is -1.06. The molecule has 1 aromatic rings. The van der Waals surface area contributed by atoms with Crippen LogP contribution in [0.25, 0.3) is 0 Å². The summed E-state index contributed by atoms with van der Waals surface area (Å²) < 4.78 is 0. The van der Waals surface area contributed by atoms with E-state index in [1.165, 1.54) is 0 Å². The Balaban J connectivity index is 3.00. The van der Waals surface area contributed by atoms with Crippen molar-refractivity contribution in [3.05, 3.63) is 35.4 Å². The van der Waals surface area contributed by atoms with E-state index < -0.39 is 0 Å². The van der Waals surface area contributed by atoms with Gasteiger partial charge in [-0.3, -0.25) is 4.99 Å². The van der Waals surface area contributed by atoms with Crippen LogP contribution in [0.15, 0.2) is 29.3 Å². The average Bonchev–Trinajstić information content (AvgIpc) is 2.20. The van der Waals surface area contributed by atoms with E-state index in [-0.39, 0.29) is 0 Å². The van der Waals surface area contributed by atoms with Crippen molar-refractivity contribution in [3.63, 3.8) is 0 Å². The smallest absolute Gasteiger partial charge is 0.142 e. The van der Waals surface area contributed by atoms with E-state index in [0.29, 0.717) is 11.7 Å². The van der Waals surface area contributed by atoms with E-state index in [1.54, 1.807) is 7.05 Å². The summed E-state index contributed by atoms with van der Waals surface area (Å²) in [5.74, 6) is 6.45. The molecule has 0 fully saturated rings. The molecule has 0 aliphatic heterocycles. The van der Waals surface area contributed by atoms with Crippen LogP contribution in [0.3, 0.4) is 0 Å². The van der Waals surface area contributed by atoms with Gasteiger partial charge in [-0.25, -0.2) is 5.84 Å². The molecule has 3 nitrogen and oxygen atoms in total. The minimum absolute atomic E-state index is 0.495. The Morgan fingerprint density at radius 3 is 2.92 bits per heavy atom. The van der Waals surface area contributed by atoms with Crippen LogP contribution in [0.1, 0.15) is 11.1 Å². The van der Waals surface area contributed by atoms with Crippen LogP contribution in [0.5, 0.6) is 0 Å². The number of halogens is 1. The number of nitrogens with zero attached hydrogens (tertiary/aromatic N) is 1. The number of hydrazine groups is 1. The zero-order chi connectivity index (χ0) is 9.68. The molecule has 4 heteroatoms. The van der Waals surface area contributed by atoms with Crippen molar-refractivity contribution in [2.24, 2.45) is 10.8 Å². The highest BCUT2D eigenvalue weighted by molar-refractivity contribution is 6.17. The molecule has 3 N–H and O–H groups in total. The third-order valence-electron chi connectivity index (χ3n) is 1.72. The Bertz CT molecular complexity index is 309. The predicted molar refractivity (Wildman–Crippen MR) is 55.8 cm³/mol. The maximum atomic E-state index is 5.70. The second kappa shape index (κ2) is 4.84. The van der Waals surface area contributed by atoms with E-state index in [4.69, 9.17) is 17.4 Å². The highest BCUT2D eigenvalue weighted by Crippen LogP contribution is 2.07. The second-order valence-corrected chi connectivity index (χ2v) is 2.82. The molecule has 0 saturated carbocycles. The number of hydrogen-bond donors (Lipinski definition) is 2. The summed E-state index contributed by atoms with van der Waals surface area (Å²) in [5.41, 5.74) is 4.53. The maximum absolute atomic E-state index is 5.70. The number of amidine groups is 1. The summed E-state index contributed by atoms with van der Waals surface area (Å²) in [5, 5.41) is 0. The number of rotatable bonds is 2. The topological polar surface area (TPSA) is 50.4 Å². The van der Waals surface area contributed by atoms with Crippen LogP contribution in [-0.4, -0.2) is 12.9 Å². The molecule has 0 aliphatic carbocycles. The minimum Gasteiger partial charge on any atom is -0.308 e. The lowest BCUT2D eigenvalue weighted by Gasteiger charge is -2.05. The number of nitrogens with one attached hydrogen (secondary N) is 1. The van der Waals surface area contributed by atoms with Crippen LogP contribution in [-0.2, 0) is 5.88 Å². The number of aliphatic imine (C=N–C) groups is 1. The van der Waals surface area contributed by atoms with Crippen molar-refractivity contribution in [1.29, 1.82) is 0 Å². The van der Waals surface area contributed by atoms with Gasteiger partial charge in [0.1, 0.15) is 5.84 Å². The summed E-state index contributed by atoms with van der Waals surface area (Å²) in [4.78, 5) is 3.99. The van der Waals surface area contributed by atoms with Crippen LogP contribution >= 0.6 is 11.6 Å². The normalized spacial score (nSPS) is 11.5. The second-order valence-electron chi connectivity index (χ2n) is 2.55. The van der Waals surface area contributed by atoms with Crippen LogP contribution < -0.4 is 11.3 Å².